The van der Waals surface area contributed by atoms with Crippen LogP contribution >= 0.6 is 0 Å². The van der Waals surface area contributed by atoms with Crippen LogP contribution in [0.2, 0.25) is 0 Å². The molecular weight excluding hydrogens is 298 g/mol. The molecular formula is C17H21NO5. The van der Waals surface area contributed by atoms with Gasteiger partial charge in [-0.25, -0.2) is 0 Å². The van der Waals surface area contributed by atoms with Gasteiger partial charge >= 0.3 is 5.97 Å². The minimum atomic E-state index is -0.779. The first-order chi connectivity index (χ1) is 11.0. The Morgan fingerprint density at radius 1 is 1.22 bits per heavy atom. The molecule has 1 saturated carbocycles. The molecule has 6 heteroatoms. The van der Waals surface area contributed by atoms with Gasteiger partial charge in [0.15, 0.2) is 0 Å². The van der Waals surface area contributed by atoms with Gasteiger partial charge in [-0.15, -0.1) is 0 Å². The second-order valence-electron chi connectivity index (χ2n) is 6.34. The Hall–Kier alpha value is -2.24. The predicted octanol–water partition coefficient (Wildman–Crippen LogP) is 2.03. The van der Waals surface area contributed by atoms with Gasteiger partial charge in [-0.2, -0.15) is 0 Å². The number of carboxylic acids is 1. The second kappa shape index (κ2) is 5.76. The van der Waals surface area contributed by atoms with Crippen molar-refractivity contribution in [2.24, 2.45) is 11.3 Å². The van der Waals surface area contributed by atoms with Crippen LogP contribution in [0.1, 0.15) is 29.6 Å². The third-order valence-electron chi connectivity index (χ3n) is 5.18. The first-order valence-electron chi connectivity index (χ1n) is 7.76. The molecule has 2 aliphatic rings. The largest absolute Gasteiger partial charge is 0.497 e. The number of rotatable bonds is 4. The summed E-state index contributed by atoms with van der Waals surface area (Å²) in [4.78, 5) is 26.2. The van der Waals surface area contributed by atoms with Crippen molar-refractivity contribution in [1.82, 2.24) is 4.90 Å². The van der Waals surface area contributed by atoms with Gasteiger partial charge < -0.3 is 19.5 Å². The Kier molecular flexibility index (Phi) is 3.92. The zero-order chi connectivity index (χ0) is 16.6. The predicted molar refractivity (Wildman–Crippen MR) is 82.9 cm³/mol. The Bertz CT molecular complexity index is 622. The van der Waals surface area contributed by atoms with Gasteiger partial charge in [0.25, 0.3) is 5.91 Å². The fraction of sp³-hybridized carbons (Fsp3) is 0.529. The summed E-state index contributed by atoms with van der Waals surface area (Å²) in [6.07, 6.45) is 2.45. The quantitative estimate of drug-likeness (QED) is 0.919. The highest BCUT2D eigenvalue weighted by molar-refractivity contribution is 5.96. The highest BCUT2D eigenvalue weighted by Gasteiger charge is 2.55. The highest BCUT2D eigenvalue weighted by atomic mass is 16.5. The fourth-order valence-corrected chi connectivity index (χ4v) is 3.91. The number of carbonyl (C=O) groups excluding carboxylic acids is 1. The lowest BCUT2D eigenvalue weighted by Gasteiger charge is -2.23. The lowest BCUT2D eigenvalue weighted by molar-refractivity contribution is -0.149. The molecule has 0 radical (unpaired) electrons. The number of carboxylic acid groups (broad SMARTS) is 1. The minimum absolute atomic E-state index is 0.0523. The maximum absolute atomic E-state index is 12.8. The number of fused-ring (bicyclic) bond motifs is 1. The molecule has 124 valence electrons. The number of carbonyl (C=O) groups is 2. The van der Waals surface area contributed by atoms with Crippen molar-refractivity contribution in [2.45, 2.75) is 19.3 Å². The molecule has 0 spiro atoms. The number of methoxy groups -OCH3 is 2. The summed E-state index contributed by atoms with van der Waals surface area (Å²) in [6, 6.07) is 5.02. The average Bonchev–Trinajstić information content (AvgIpc) is 3.11. The van der Waals surface area contributed by atoms with Crippen LogP contribution in [0, 0.1) is 11.3 Å². The molecule has 1 saturated heterocycles. The molecule has 1 aliphatic heterocycles. The number of hydrogen-bond acceptors (Lipinski definition) is 4. The highest BCUT2D eigenvalue weighted by Crippen LogP contribution is 2.49. The van der Waals surface area contributed by atoms with Gasteiger partial charge in [0, 0.05) is 24.7 Å². The van der Waals surface area contributed by atoms with Crippen LogP contribution < -0.4 is 9.47 Å². The van der Waals surface area contributed by atoms with Crippen molar-refractivity contribution in [2.75, 3.05) is 27.3 Å². The van der Waals surface area contributed by atoms with E-state index in [0.29, 0.717) is 30.0 Å². The number of nitrogens with zero attached hydrogens (tertiary/aromatic N) is 1. The van der Waals surface area contributed by atoms with Crippen molar-refractivity contribution in [3.8, 4) is 11.5 Å². The lowest BCUT2D eigenvalue weighted by Crippen LogP contribution is -2.37. The smallest absolute Gasteiger partial charge is 0.311 e. The van der Waals surface area contributed by atoms with Crippen molar-refractivity contribution >= 4 is 11.9 Å². The normalized spacial score (nSPS) is 26.0. The molecule has 1 N–H and O–H groups in total. The number of aliphatic carboxylic acids is 1. The van der Waals surface area contributed by atoms with Gasteiger partial charge in [0.05, 0.1) is 19.6 Å². The van der Waals surface area contributed by atoms with Crippen LogP contribution in [0.5, 0.6) is 11.5 Å². The standard InChI is InChI=1S/C17H21NO5/c1-22-13-6-11(7-14(8-13)23-2)15(19)18-9-12-4-3-5-17(12,10-18)16(20)21/h6-8,12H,3-5,9-10H2,1-2H3,(H,20,21)/t12-,17+/m0/s1. The summed E-state index contributed by atoms with van der Waals surface area (Å²) in [5.41, 5.74) is -0.305. The van der Waals surface area contributed by atoms with E-state index in [4.69, 9.17) is 9.47 Å². The van der Waals surface area contributed by atoms with Crippen molar-refractivity contribution < 1.29 is 24.2 Å². The van der Waals surface area contributed by atoms with E-state index < -0.39 is 11.4 Å². The summed E-state index contributed by atoms with van der Waals surface area (Å²) in [5, 5.41) is 9.63. The topological polar surface area (TPSA) is 76.1 Å². The molecule has 23 heavy (non-hydrogen) atoms. The molecule has 1 heterocycles. The number of likely N-dealkylation sites (tertiary alicyclic amines) is 1. The molecule has 3 rings (SSSR count). The van der Waals surface area contributed by atoms with Crippen molar-refractivity contribution in [3.63, 3.8) is 0 Å². The molecule has 1 aromatic rings. The van der Waals surface area contributed by atoms with Gasteiger partial charge in [0.1, 0.15) is 11.5 Å². The van der Waals surface area contributed by atoms with E-state index in [1.807, 2.05) is 0 Å². The van der Waals surface area contributed by atoms with E-state index in [0.717, 1.165) is 12.8 Å². The Labute approximate surface area is 135 Å². The van der Waals surface area contributed by atoms with E-state index in [9.17, 15) is 14.7 Å². The van der Waals surface area contributed by atoms with Gasteiger partial charge in [-0.1, -0.05) is 6.42 Å². The molecule has 1 amide bonds. The molecule has 0 unspecified atom stereocenters. The maximum atomic E-state index is 12.8. The van der Waals surface area contributed by atoms with E-state index in [2.05, 4.69) is 0 Å². The summed E-state index contributed by atoms with van der Waals surface area (Å²) in [5.74, 6) is 0.187. The monoisotopic (exact) mass is 319 g/mol. The van der Waals surface area contributed by atoms with E-state index >= 15 is 0 Å². The Morgan fingerprint density at radius 2 is 1.87 bits per heavy atom. The van der Waals surface area contributed by atoms with Crippen molar-refractivity contribution in [1.29, 1.82) is 0 Å². The fourth-order valence-electron chi connectivity index (χ4n) is 3.91. The number of amides is 1. The molecule has 2 fully saturated rings. The van der Waals surface area contributed by atoms with E-state index in [1.54, 1.807) is 23.1 Å². The molecule has 2 atom stereocenters. The zero-order valence-corrected chi connectivity index (χ0v) is 13.4. The molecule has 1 aromatic carbocycles. The summed E-state index contributed by atoms with van der Waals surface area (Å²) >= 11 is 0. The lowest BCUT2D eigenvalue weighted by atomic mass is 9.81. The minimum Gasteiger partial charge on any atom is -0.497 e. The van der Waals surface area contributed by atoms with Crippen LogP contribution in [0.4, 0.5) is 0 Å². The molecule has 0 bridgehead atoms. The molecule has 0 aromatic heterocycles. The van der Waals surface area contributed by atoms with Crippen LogP contribution in [-0.2, 0) is 4.79 Å². The van der Waals surface area contributed by atoms with Crippen molar-refractivity contribution in [3.05, 3.63) is 23.8 Å². The average molecular weight is 319 g/mol. The zero-order valence-electron chi connectivity index (χ0n) is 13.4. The summed E-state index contributed by atoms with van der Waals surface area (Å²) in [6.45, 7) is 0.788. The number of ether oxygens (including phenoxy) is 2. The van der Waals surface area contributed by atoms with Gasteiger partial charge in [0.2, 0.25) is 0 Å². The number of benzene rings is 1. The molecule has 1 aliphatic carbocycles. The summed E-state index contributed by atoms with van der Waals surface area (Å²) in [7, 11) is 3.06. The maximum Gasteiger partial charge on any atom is 0.311 e. The Balaban J connectivity index is 1.86. The second-order valence-corrected chi connectivity index (χ2v) is 6.34. The van der Waals surface area contributed by atoms with Crippen LogP contribution in [0.15, 0.2) is 18.2 Å². The van der Waals surface area contributed by atoms with Crippen LogP contribution in [0.3, 0.4) is 0 Å². The van der Waals surface area contributed by atoms with Gasteiger partial charge in [-0.3, -0.25) is 9.59 Å². The number of hydrogen-bond donors (Lipinski definition) is 1. The third-order valence-corrected chi connectivity index (χ3v) is 5.18. The van der Waals surface area contributed by atoms with E-state index in [-0.39, 0.29) is 18.4 Å². The summed E-state index contributed by atoms with van der Waals surface area (Å²) < 4.78 is 10.4. The van der Waals surface area contributed by atoms with Crippen LogP contribution in [-0.4, -0.2) is 49.2 Å². The van der Waals surface area contributed by atoms with E-state index in [1.165, 1.54) is 14.2 Å². The first kappa shape index (κ1) is 15.6. The first-order valence-corrected chi connectivity index (χ1v) is 7.76. The SMILES string of the molecule is COc1cc(OC)cc(C(=O)N2C[C@@H]3CCC[C@@]3(C(=O)O)C2)c1. The Morgan fingerprint density at radius 3 is 2.39 bits per heavy atom. The molecule has 6 nitrogen and oxygen atoms in total. The third kappa shape index (κ3) is 2.52. The van der Waals surface area contributed by atoms with Crippen LogP contribution in [0.25, 0.3) is 0 Å². The van der Waals surface area contributed by atoms with Gasteiger partial charge in [-0.05, 0) is 30.9 Å².